The van der Waals surface area contributed by atoms with Gasteiger partial charge < -0.3 is 15.4 Å². The number of hydrogen-bond donors (Lipinski definition) is 2. The van der Waals surface area contributed by atoms with Crippen molar-refractivity contribution in [3.63, 3.8) is 0 Å². The molecular formula is C14H19N3O2. The maximum atomic E-state index is 11.5. The van der Waals surface area contributed by atoms with Gasteiger partial charge in [0.05, 0.1) is 25.3 Å². The third-order valence-corrected chi connectivity index (χ3v) is 2.46. The minimum atomic E-state index is -0.0506. The molecule has 0 radical (unpaired) electrons. The highest BCUT2D eigenvalue weighted by atomic mass is 16.5. The number of carbonyl (C=O) groups is 1. The molecule has 0 atom stereocenters. The number of hydrogen-bond acceptors (Lipinski definition) is 4. The second-order valence-electron chi connectivity index (χ2n) is 4.46. The molecule has 0 aromatic heterocycles. The number of benzene rings is 1. The molecule has 0 spiro atoms. The first-order valence-corrected chi connectivity index (χ1v) is 6.14. The number of nitrogens with one attached hydrogen (secondary N) is 2. The van der Waals surface area contributed by atoms with Gasteiger partial charge in [-0.15, -0.1) is 0 Å². The van der Waals surface area contributed by atoms with Crippen LogP contribution < -0.4 is 15.4 Å². The average Bonchev–Trinajstić information content (AvgIpc) is 2.37. The fraction of sp³-hybridized carbons (Fsp3) is 0.429. The summed E-state index contributed by atoms with van der Waals surface area (Å²) in [7, 11) is 1.58. The molecule has 0 aliphatic rings. The van der Waals surface area contributed by atoms with Gasteiger partial charge in [-0.1, -0.05) is 0 Å². The zero-order chi connectivity index (χ0) is 14.3. The van der Waals surface area contributed by atoms with Crippen molar-refractivity contribution in [1.29, 1.82) is 5.26 Å². The van der Waals surface area contributed by atoms with Crippen LogP contribution in [0.4, 0.5) is 0 Å². The molecular weight excluding hydrogens is 242 g/mol. The highest BCUT2D eigenvalue weighted by molar-refractivity contribution is 5.78. The SMILES string of the molecule is COc1ccc(C#N)cc1CNCC(=O)NC(C)C. The number of ether oxygens (including phenoxy) is 1. The van der Waals surface area contributed by atoms with Crippen LogP contribution in [0, 0.1) is 11.3 Å². The highest BCUT2D eigenvalue weighted by Crippen LogP contribution is 2.19. The quantitative estimate of drug-likeness (QED) is 0.806. The van der Waals surface area contributed by atoms with Gasteiger partial charge in [0.1, 0.15) is 5.75 Å². The van der Waals surface area contributed by atoms with E-state index in [1.807, 2.05) is 13.8 Å². The molecule has 0 bridgehead atoms. The lowest BCUT2D eigenvalue weighted by Gasteiger charge is -2.11. The molecule has 0 fully saturated rings. The first-order chi connectivity index (χ1) is 9.06. The van der Waals surface area contributed by atoms with Crippen LogP contribution in [-0.2, 0) is 11.3 Å². The molecule has 0 unspecified atom stereocenters. The number of amides is 1. The standard InChI is InChI=1S/C14H19N3O2/c1-10(2)17-14(18)9-16-8-12-6-11(7-15)4-5-13(12)19-3/h4-6,10,16H,8-9H2,1-3H3,(H,17,18). The molecule has 0 aliphatic carbocycles. The number of rotatable bonds is 6. The van der Waals surface area contributed by atoms with E-state index in [0.29, 0.717) is 17.9 Å². The Labute approximate surface area is 113 Å². The lowest BCUT2D eigenvalue weighted by atomic mass is 10.1. The topological polar surface area (TPSA) is 74.1 Å². The minimum absolute atomic E-state index is 0.0506. The van der Waals surface area contributed by atoms with Gasteiger partial charge in [0, 0.05) is 18.2 Å². The normalized spacial score (nSPS) is 10.1. The molecule has 5 heteroatoms. The van der Waals surface area contributed by atoms with Crippen molar-refractivity contribution in [2.24, 2.45) is 0 Å². The first-order valence-electron chi connectivity index (χ1n) is 6.14. The fourth-order valence-corrected chi connectivity index (χ4v) is 1.67. The van der Waals surface area contributed by atoms with Gasteiger partial charge in [-0.25, -0.2) is 0 Å². The molecule has 0 aliphatic heterocycles. The Bertz CT molecular complexity index is 478. The van der Waals surface area contributed by atoms with Crippen LogP contribution in [0.2, 0.25) is 0 Å². The zero-order valence-corrected chi connectivity index (χ0v) is 11.5. The number of nitriles is 1. The van der Waals surface area contributed by atoms with Crippen LogP contribution in [-0.4, -0.2) is 25.6 Å². The van der Waals surface area contributed by atoms with Gasteiger partial charge in [-0.2, -0.15) is 5.26 Å². The number of methoxy groups -OCH3 is 1. The summed E-state index contributed by atoms with van der Waals surface area (Å²) < 4.78 is 5.22. The fourth-order valence-electron chi connectivity index (χ4n) is 1.67. The second-order valence-corrected chi connectivity index (χ2v) is 4.46. The van der Waals surface area contributed by atoms with Crippen molar-refractivity contribution in [3.8, 4) is 11.8 Å². The molecule has 0 saturated carbocycles. The van der Waals surface area contributed by atoms with Gasteiger partial charge in [-0.05, 0) is 32.0 Å². The number of carbonyl (C=O) groups excluding carboxylic acids is 1. The third kappa shape index (κ3) is 4.98. The molecule has 0 saturated heterocycles. The summed E-state index contributed by atoms with van der Waals surface area (Å²) in [4.78, 5) is 11.5. The van der Waals surface area contributed by atoms with Crippen LogP contribution >= 0.6 is 0 Å². The molecule has 102 valence electrons. The summed E-state index contributed by atoms with van der Waals surface area (Å²) in [5.41, 5.74) is 1.43. The van der Waals surface area contributed by atoms with E-state index in [9.17, 15) is 4.79 Å². The van der Waals surface area contributed by atoms with Crippen molar-refractivity contribution in [2.45, 2.75) is 26.4 Å². The first kappa shape index (κ1) is 15.0. The van der Waals surface area contributed by atoms with E-state index in [0.717, 1.165) is 5.56 Å². The third-order valence-electron chi connectivity index (χ3n) is 2.46. The Hall–Kier alpha value is -2.06. The Morgan fingerprint density at radius 2 is 2.21 bits per heavy atom. The average molecular weight is 261 g/mol. The van der Waals surface area contributed by atoms with E-state index in [1.165, 1.54) is 0 Å². The van der Waals surface area contributed by atoms with E-state index in [1.54, 1.807) is 25.3 Å². The predicted molar refractivity (Wildman–Crippen MR) is 72.7 cm³/mol. The monoisotopic (exact) mass is 261 g/mol. The smallest absolute Gasteiger partial charge is 0.234 e. The van der Waals surface area contributed by atoms with E-state index < -0.39 is 0 Å². The van der Waals surface area contributed by atoms with Crippen LogP contribution in [0.5, 0.6) is 5.75 Å². The van der Waals surface area contributed by atoms with Gasteiger partial charge in [-0.3, -0.25) is 4.79 Å². The van der Waals surface area contributed by atoms with E-state index in [-0.39, 0.29) is 18.5 Å². The zero-order valence-electron chi connectivity index (χ0n) is 11.5. The van der Waals surface area contributed by atoms with Crippen LogP contribution in [0.1, 0.15) is 25.0 Å². The summed E-state index contributed by atoms with van der Waals surface area (Å²) in [6.07, 6.45) is 0. The molecule has 5 nitrogen and oxygen atoms in total. The Kier molecular flexibility index (Phi) is 5.83. The maximum Gasteiger partial charge on any atom is 0.234 e. The van der Waals surface area contributed by atoms with Gasteiger partial charge in [0.15, 0.2) is 0 Å². The summed E-state index contributed by atoms with van der Waals surface area (Å²) in [6.45, 7) is 4.54. The van der Waals surface area contributed by atoms with E-state index >= 15 is 0 Å². The molecule has 0 heterocycles. The van der Waals surface area contributed by atoms with Gasteiger partial charge in [0.2, 0.25) is 5.91 Å². The predicted octanol–water partition coefficient (Wildman–Crippen LogP) is 1.18. The molecule has 19 heavy (non-hydrogen) atoms. The van der Waals surface area contributed by atoms with E-state index in [4.69, 9.17) is 10.00 Å². The summed E-state index contributed by atoms with van der Waals surface area (Å²) in [5.74, 6) is 0.654. The highest BCUT2D eigenvalue weighted by Gasteiger charge is 2.06. The molecule has 1 aromatic carbocycles. The Morgan fingerprint density at radius 3 is 2.79 bits per heavy atom. The van der Waals surface area contributed by atoms with Crippen LogP contribution in [0.15, 0.2) is 18.2 Å². The lowest BCUT2D eigenvalue weighted by molar-refractivity contribution is -0.120. The Morgan fingerprint density at radius 1 is 1.47 bits per heavy atom. The molecule has 1 aromatic rings. The summed E-state index contributed by atoms with van der Waals surface area (Å²) in [5, 5.41) is 14.7. The molecule has 1 amide bonds. The van der Waals surface area contributed by atoms with Crippen molar-refractivity contribution in [1.82, 2.24) is 10.6 Å². The van der Waals surface area contributed by atoms with Crippen LogP contribution in [0.3, 0.4) is 0 Å². The van der Waals surface area contributed by atoms with Gasteiger partial charge in [0.25, 0.3) is 0 Å². The largest absolute Gasteiger partial charge is 0.496 e. The number of nitrogens with zero attached hydrogens (tertiary/aromatic N) is 1. The van der Waals surface area contributed by atoms with Crippen molar-refractivity contribution >= 4 is 5.91 Å². The Balaban J connectivity index is 2.57. The van der Waals surface area contributed by atoms with Gasteiger partial charge >= 0.3 is 0 Å². The lowest BCUT2D eigenvalue weighted by Crippen LogP contribution is -2.37. The summed E-state index contributed by atoms with van der Waals surface area (Å²) >= 11 is 0. The summed E-state index contributed by atoms with van der Waals surface area (Å²) in [6, 6.07) is 7.42. The molecule has 1 rings (SSSR count). The maximum absolute atomic E-state index is 11.5. The molecule has 2 N–H and O–H groups in total. The van der Waals surface area contributed by atoms with E-state index in [2.05, 4.69) is 16.7 Å². The van der Waals surface area contributed by atoms with Crippen molar-refractivity contribution in [2.75, 3.05) is 13.7 Å². The minimum Gasteiger partial charge on any atom is -0.496 e. The van der Waals surface area contributed by atoms with Crippen LogP contribution in [0.25, 0.3) is 0 Å². The van der Waals surface area contributed by atoms with Crippen molar-refractivity contribution in [3.05, 3.63) is 29.3 Å². The van der Waals surface area contributed by atoms with Crippen molar-refractivity contribution < 1.29 is 9.53 Å². The second kappa shape index (κ2) is 7.39.